The Labute approximate surface area is 203 Å². The van der Waals surface area contributed by atoms with Crippen LogP contribution in [0.4, 0.5) is 0 Å². The maximum absolute atomic E-state index is 2.37. The van der Waals surface area contributed by atoms with Gasteiger partial charge in [0.1, 0.15) is 6.54 Å². The lowest BCUT2D eigenvalue weighted by Gasteiger charge is -2.39. The molecule has 0 aromatic heterocycles. The molecule has 0 aliphatic rings. The van der Waals surface area contributed by atoms with Crippen molar-refractivity contribution >= 4 is 0 Å². The van der Waals surface area contributed by atoms with Gasteiger partial charge in [0, 0.05) is 5.56 Å². The van der Waals surface area contributed by atoms with Gasteiger partial charge in [0.05, 0.1) is 19.6 Å². The zero-order chi connectivity index (χ0) is 23.2. The summed E-state index contributed by atoms with van der Waals surface area (Å²) in [7, 11) is 0. The molecule has 0 unspecified atom stereocenters. The van der Waals surface area contributed by atoms with Crippen LogP contribution in [0.3, 0.4) is 0 Å². The molecular weight excluding hydrogens is 386 g/mol. The van der Waals surface area contributed by atoms with Crippen molar-refractivity contribution in [2.24, 2.45) is 0 Å². The van der Waals surface area contributed by atoms with E-state index < -0.39 is 0 Å². The van der Waals surface area contributed by atoms with Crippen LogP contribution in [0.2, 0.25) is 0 Å². The molecule has 1 rings (SSSR count). The molecule has 32 heavy (non-hydrogen) atoms. The molecule has 0 atom stereocenters. The summed E-state index contributed by atoms with van der Waals surface area (Å²) in [6.07, 6.45) is 25.5. The minimum atomic E-state index is 1.25. The number of unbranched alkanes of at least 4 members (excludes halogenated alkanes) is 15. The molecule has 1 aromatic rings. The summed E-state index contributed by atoms with van der Waals surface area (Å²) >= 11 is 0. The van der Waals surface area contributed by atoms with E-state index in [1.165, 1.54) is 146 Å². The molecule has 1 aromatic carbocycles. The second kappa shape index (κ2) is 20.8. The summed E-state index contributed by atoms with van der Waals surface area (Å²) in [6.45, 7) is 12.4. The zero-order valence-electron chi connectivity index (χ0n) is 22.4. The van der Waals surface area contributed by atoms with Gasteiger partial charge in [0.15, 0.2) is 0 Å². The van der Waals surface area contributed by atoms with Gasteiger partial charge in [-0.05, 0) is 38.5 Å². The predicted molar refractivity (Wildman–Crippen MR) is 145 cm³/mol. The fraction of sp³-hybridized carbons (Fsp3) is 0.806. The summed E-state index contributed by atoms with van der Waals surface area (Å²) < 4.78 is 1.35. The monoisotopic (exact) mass is 444 g/mol. The Hall–Kier alpha value is -0.820. The van der Waals surface area contributed by atoms with Crippen molar-refractivity contribution in [3.63, 3.8) is 0 Å². The first kappa shape index (κ1) is 29.2. The normalized spacial score (nSPS) is 11.8. The molecular formula is C31H58N+. The van der Waals surface area contributed by atoms with Crippen LogP contribution in [-0.2, 0) is 6.54 Å². The molecule has 0 spiro atoms. The zero-order valence-corrected chi connectivity index (χ0v) is 22.4. The topological polar surface area (TPSA) is 0 Å². The van der Waals surface area contributed by atoms with E-state index in [-0.39, 0.29) is 0 Å². The van der Waals surface area contributed by atoms with E-state index >= 15 is 0 Å². The SMILES string of the molecule is CCCCCCCC[N+](CCCCCCCC)(CCCCCCCC)Cc1ccccc1. The van der Waals surface area contributed by atoms with E-state index in [4.69, 9.17) is 0 Å². The van der Waals surface area contributed by atoms with Crippen LogP contribution in [0.25, 0.3) is 0 Å². The number of benzene rings is 1. The van der Waals surface area contributed by atoms with Crippen molar-refractivity contribution in [2.75, 3.05) is 19.6 Å². The first-order valence-corrected chi connectivity index (χ1v) is 14.7. The number of rotatable bonds is 23. The molecule has 0 heterocycles. The van der Waals surface area contributed by atoms with Crippen molar-refractivity contribution in [3.05, 3.63) is 35.9 Å². The van der Waals surface area contributed by atoms with Gasteiger partial charge < -0.3 is 4.48 Å². The Morgan fingerprint density at radius 3 is 1.16 bits per heavy atom. The summed E-state index contributed by atoms with van der Waals surface area (Å²) in [5.74, 6) is 0. The van der Waals surface area contributed by atoms with Gasteiger partial charge in [-0.1, -0.05) is 128 Å². The van der Waals surface area contributed by atoms with Gasteiger partial charge in [-0.15, -0.1) is 0 Å². The van der Waals surface area contributed by atoms with Crippen molar-refractivity contribution in [3.8, 4) is 0 Å². The Morgan fingerprint density at radius 1 is 0.438 bits per heavy atom. The first-order valence-electron chi connectivity index (χ1n) is 14.7. The van der Waals surface area contributed by atoms with Crippen LogP contribution in [0.1, 0.15) is 142 Å². The van der Waals surface area contributed by atoms with Gasteiger partial charge in [0.25, 0.3) is 0 Å². The molecule has 186 valence electrons. The number of hydrogen-bond donors (Lipinski definition) is 0. The fourth-order valence-corrected chi connectivity index (χ4v) is 5.23. The van der Waals surface area contributed by atoms with Crippen LogP contribution in [0, 0.1) is 0 Å². The van der Waals surface area contributed by atoms with Crippen LogP contribution < -0.4 is 0 Å². The van der Waals surface area contributed by atoms with Gasteiger partial charge in [-0.25, -0.2) is 0 Å². The minimum Gasteiger partial charge on any atom is -0.320 e. The molecule has 0 aliphatic carbocycles. The molecule has 0 fully saturated rings. The highest BCUT2D eigenvalue weighted by molar-refractivity contribution is 5.13. The lowest BCUT2D eigenvalue weighted by molar-refractivity contribution is -0.941. The number of nitrogens with zero attached hydrogens (tertiary/aromatic N) is 1. The quantitative estimate of drug-likeness (QED) is 0.116. The van der Waals surface area contributed by atoms with E-state index in [0.29, 0.717) is 0 Å². The van der Waals surface area contributed by atoms with E-state index in [1.807, 2.05) is 0 Å². The molecule has 0 saturated carbocycles. The summed E-state index contributed by atoms with van der Waals surface area (Å²) in [6, 6.07) is 11.4. The average Bonchev–Trinajstić information content (AvgIpc) is 2.81. The Bertz CT molecular complexity index is 454. The molecule has 1 nitrogen and oxygen atoms in total. The highest BCUT2D eigenvalue weighted by Crippen LogP contribution is 2.22. The van der Waals surface area contributed by atoms with Crippen molar-refractivity contribution < 1.29 is 4.48 Å². The molecule has 0 saturated heterocycles. The van der Waals surface area contributed by atoms with Gasteiger partial charge in [0.2, 0.25) is 0 Å². The Balaban J connectivity index is 2.70. The van der Waals surface area contributed by atoms with E-state index in [9.17, 15) is 0 Å². The maximum Gasteiger partial charge on any atom is 0.104 e. The van der Waals surface area contributed by atoms with Gasteiger partial charge in [-0.3, -0.25) is 0 Å². The largest absolute Gasteiger partial charge is 0.320 e. The van der Waals surface area contributed by atoms with Crippen LogP contribution in [0.5, 0.6) is 0 Å². The molecule has 0 radical (unpaired) electrons. The van der Waals surface area contributed by atoms with Crippen molar-refractivity contribution in [1.29, 1.82) is 0 Å². The Kier molecular flexibility index (Phi) is 19.0. The van der Waals surface area contributed by atoms with Crippen LogP contribution in [-0.4, -0.2) is 24.1 Å². The third kappa shape index (κ3) is 15.1. The lowest BCUT2D eigenvalue weighted by atomic mass is 10.0. The molecule has 0 aliphatic heterocycles. The Morgan fingerprint density at radius 2 is 0.781 bits per heavy atom. The van der Waals surface area contributed by atoms with Gasteiger partial charge in [-0.2, -0.15) is 0 Å². The highest BCUT2D eigenvalue weighted by Gasteiger charge is 2.26. The highest BCUT2D eigenvalue weighted by atomic mass is 15.3. The van der Waals surface area contributed by atoms with Crippen LogP contribution >= 0.6 is 0 Å². The smallest absolute Gasteiger partial charge is 0.104 e. The first-order chi connectivity index (χ1) is 15.8. The van der Waals surface area contributed by atoms with E-state index in [1.54, 1.807) is 5.56 Å². The third-order valence-electron chi connectivity index (χ3n) is 7.32. The summed E-state index contributed by atoms with van der Waals surface area (Å²) in [4.78, 5) is 0. The summed E-state index contributed by atoms with van der Waals surface area (Å²) in [5.41, 5.74) is 1.55. The molecule has 1 heteroatoms. The summed E-state index contributed by atoms with van der Waals surface area (Å²) in [5, 5.41) is 0. The third-order valence-corrected chi connectivity index (χ3v) is 7.32. The van der Waals surface area contributed by atoms with Crippen LogP contribution in [0.15, 0.2) is 30.3 Å². The molecule has 0 bridgehead atoms. The maximum atomic E-state index is 2.37. The van der Waals surface area contributed by atoms with Crippen molar-refractivity contribution in [1.82, 2.24) is 0 Å². The lowest BCUT2D eigenvalue weighted by Crippen LogP contribution is -2.49. The predicted octanol–water partition coefficient (Wildman–Crippen LogP) is 10.1. The average molecular weight is 445 g/mol. The second-order valence-corrected chi connectivity index (χ2v) is 10.5. The van der Waals surface area contributed by atoms with Gasteiger partial charge >= 0.3 is 0 Å². The molecule has 0 amide bonds. The van der Waals surface area contributed by atoms with Crippen molar-refractivity contribution in [2.45, 2.75) is 143 Å². The minimum absolute atomic E-state index is 1.25. The fourth-order valence-electron chi connectivity index (χ4n) is 5.23. The standard InChI is InChI=1S/C31H58N/c1-4-7-10-13-16-22-27-32(28-23-17-14-11-8-5-2,29-24-18-15-12-9-6-3)30-31-25-20-19-21-26-31/h19-21,25-26H,4-18,22-24,27-30H2,1-3H3/q+1. The van der Waals surface area contributed by atoms with E-state index in [0.717, 1.165) is 0 Å². The number of quaternary nitrogens is 1. The molecule has 0 N–H and O–H groups in total. The van der Waals surface area contributed by atoms with E-state index in [2.05, 4.69) is 51.1 Å². The number of hydrogen-bond acceptors (Lipinski definition) is 0. The second-order valence-electron chi connectivity index (χ2n) is 10.5.